The van der Waals surface area contributed by atoms with E-state index >= 15 is 0 Å². The molecule has 1 aliphatic heterocycles. The lowest BCUT2D eigenvalue weighted by Gasteiger charge is -2.22. The van der Waals surface area contributed by atoms with Crippen LogP contribution >= 0.6 is 0 Å². The van der Waals surface area contributed by atoms with Gasteiger partial charge in [-0.2, -0.15) is 0 Å². The van der Waals surface area contributed by atoms with Crippen molar-refractivity contribution in [2.75, 3.05) is 20.2 Å². The van der Waals surface area contributed by atoms with Crippen LogP contribution in [0.1, 0.15) is 13.3 Å². The third-order valence-electron chi connectivity index (χ3n) is 2.54. The van der Waals surface area contributed by atoms with Crippen molar-refractivity contribution in [1.29, 1.82) is 0 Å². The summed E-state index contributed by atoms with van der Waals surface area (Å²) in [5.41, 5.74) is 1.47. The lowest BCUT2D eigenvalue weighted by atomic mass is 10.1. The number of hydrogen-bond acceptors (Lipinski definition) is 4. The Bertz CT molecular complexity index is 256. The molecule has 0 aliphatic carbocycles. The molecular weight excluding hydrogens is 186 g/mol. The Balaban J connectivity index is 2.58. The lowest BCUT2D eigenvalue weighted by molar-refractivity contribution is -0.145. The van der Waals surface area contributed by atoms with Crippen molar-refractivity contribution < 1.29 is 14.3 Å². The van der Waals surface area contributed by atoms with Gasteiger partial charge in [-0.15, -0.1) is 0 Å². The first-order valence-electron chi connectivity index (χ1n) is 4.37. The predicted molar refractivity (Wildman–Crippen MR) is 48.9 cm³/mol. The second kappa shape index (κ2) is 3.93. The summed E-state index contributed by atoms with van der Waals surface area (Å²) in [4.78, 5) is 23.7. The highest BCUT2D eigenvalue weighted by Gasteiger charge is 2.37. The molecule has 1 unspecified atom stereocenters. The van der Waals surface area contributed by atoms with Gasteiger partial charge in [-0.1, -0.05) is 0 Å². The topological polar surface area (TPSA) is 84.7 Å². The highest BCUT2D eigenvalue weighted by molar-refractivity contribution is 6.34. The second-order valence-corrected chi connectivity index (χ2v) is 3.60. The molecule has 1 atom stereocenters. The van der Waals surface area contributed by atoms with E-state index in [1.54, 1.807) is 7.11 Å². The molecule has 3 N–H and O–H groups in total. The molecule has 0 aromatic rings. The largest absolute Gasteiger partial charge is 0.377 e. The van der Waals surface area contributed by atoms with E-state index in [2.05, 4.69) is 0 Å². The van der Waals surface area contributed by atoms with Crippen LogP contribution in [0.4, 0.5) is 0 Å². The number of rotatable bonds is 1. The first-order valence-corrected chi connectivity index (χ1v) is 4.37. The summed E-state index contributed by atoms with van der Waals surface area (Å²) in [5.74, 6) is 3.47. The van der Waals surface area contributed by atoms with E-state index in [1.165, 1.54) is 4.90 Å². The molecule has 14 heavy (non-hydrogen) atoms. The van der Waals surface area contributed by atoms with Gasteiger partial charge in [0.1, 0.15) is 0 Å². The smallest absolute Gasteiger partial charge is 0.323 e. The van der Waals surface area contributed by atoms with Crippen molar-refractivity contribution >= 4 is 11.8 Å². The van der Waals surface area contributed by atoms with Gasteiger partial charge < -0.3 is 9.64 Å². The van der Waals surface area contributed by atoms with Crippen LogP contribution in [0, 0.1) is 0 Å². The number of carbonyl (C=O) groups is 2. The first kappa shape index (κ1) is 10.9. The Morgan fingerprint density at radius 1 is 1.57 bits per heavy atom. The number of carbonyl (C=O) groups excluding carboxylic acids is 2. The third-order valence-corrected chi connectivity index (χ3v) is 2.54. The van der Waals surface area contributed by atoms with Crippen LogP contribution in [0.15, 0.2) is 0 Å². The number of methoxy groups -OCH3 is 1. The number of hydrazine groups is 1. The van der Waals surface area contributed by atoms with Crippen molar-refractivity contribution in [2.24, 2.45) is 5.84 Å². The normalized spacial score (nSPS) is 26.4. The molecule has 6 heteroatoms. The van der Waals surface area contributed by atoms with Gasteiger partial charge in [-0.3, -0.25) is 15.0 Å². The van der Waals surface area contributed by atoms with Gasteiger partial charge in [0.15, 0.2) is 0 Å². The number of nitrogens with zero attached hydrogens (tertiary/aromatic N) is 1. The van der Waals surface area contributed by atoms with Crippen LogP contribution in [-0.2, 0) is 14.3 Å². The fraction of sp³-hybridized carbons (Fsp3) is 0.750. The minimum atomic E-state index is -0.787. The monoisotopic (exact) mass is 201 g/mol. The van der Waals surface area contributed by atoms with E-state index in [-0.39, 0.29) is 5.60 Å². The number of amides is 2. The number of ether oxygens (including phenoxy) is 1. The van der Waals surface area contributed by atoms with Crippen molar-refractivity contribution in [2.45, 2.75) is 18.9 Å². The average molecular weight is 201 g/mol. The Hall–Kier alpha value is -1.14. The molecule has 1 aliphatic rings. The highest BCUT2D eigenvalue weighted by Crippen LogP contribution is 2.23. The van der Waals surface area contributed by atoms with Crippen molar-refractivity contribution in [1.82, 2.24) is 10.3 Å². The quantitative estimate of drug-likeness (QED) is 0.237. The van der Waals surface area contributed by atoms with E-state index < -0.39 is 11.8 Å². The molecule has 0 bridgehead atoms. The highest BCUT2D eigenvalue weighted by atomic mass is 16.5. The number of nitrogens with two attached hydrogens (primary N) is 1. The molecule has 0 aromatic heterocycles. The van der Waals surface area contributed by atoms with E-state index in [4.69, 9.17) is 10.6 Å². The van der Waals surface area contributed by atoms with Gasteiger partial charge >= 0.3 is 11.8 Å². The first-order chi connectivity index (χ1) is 6.52. The molecule has 1 heterocycles. The second-order valence-electron chi connectivity index (χ2n) is 3.60. The number of likely N-dealkylation sites (tertiary alicyclic amines) is 1. The summed E-state index contributed by atoms with van der Waals surface area (Å²) in [6, 6.07) is 0. The summed E-state index contributed by atoms with van der Waals surface area (Å²) in [6.45, 7) is 2.85. The van der Waals surface area contributed by atoms with Gasteiger partial charge in [0, 0.05) is 20.2 Å². The summed E-state index contributed by atoms with van der Waals surface area (Å²) < 4.78 is 5.24. The van der Waals surface area contributed by atoms with Crippen LogP contribution in [0.2, 0.25) is 0 Å². The molecule has 0 saturated carbocycles. The van der Waals surface area contributed by atoms with Crippen molar-refractivity contribution in [3.8, 4) is 0 Å². The predicted octanol–water partition coefficient (Wildman–Crippen LogP) is -1.39. The molecule has 2 amide bonds. The molecule has 6 nitrogen and oxygen atoms in total. The number of nitrogens with one attached hydrogen (secondary N) is 1. The summed E-state index contributed by atoms with van der Waals surface area (Å²) in [5, 5.41) is 0. The molecule has 0 aromatic carbocycles. The molecule has 0 spiro atoms. The van der Waals surface area contributed by atoms with Gasteiger partial charge in [0.2, 0.25) is 0 Å². The van der Waals surface area contributed by atoms with E-state index in [0.29, 0.717) is 13.1 Å². The van der Waals surface area contributed by atoms with Crippen LogP contribution in [0.3, 0.4) is 0 Å². The molecule has 80 valence electrons. The van der Waals surface area contributed by atoms with Crippen LogP contribution < -0.4 is 11.3 Å². The molecule has 1 rings (SSSR count). The Morgan fingerprint density at radius 3 is 2.64 bits per heavy atom. The zero-order valence-electron chi connectivity index (χ0n) is 8.37. The zero-order chi connectivity index (χ0) is 10.8. The van der Waals surface area contributed by atoms with Gasteiger partial charge in [-0.25, -0.2) is 5.84 Å². The summed E-state index contributed by atoms with van der Waals surface area (Å²) in [6.07, 6.45) is 0.729. The van der Waals surface area contributed by atoms with Gasteiger partial charge in [0.25, 0.3) is 0 Å². The summed E-state index contributed by atoms with van der Waals surface area (Å²) in [7, 11) is 1.59. The van der Waals surface area contributed by atoms with Crippen LogP contribution in [0.25, 0.3) is 0 Å². The maximum Gasteiger partial charge on any atom is 0.323 e. The SMILES string of the molecule is COC1(C)CCN(C(=O)C(=O)NN)C1. The van der Waals surface area contributed by atoms with Gasteiger partial charge in [-0.05, 0) is 13.3 Å². The van der Waals surface area contributed by atoms with Crippen LogP contribution in [0.5, 0.6) is 0 Å². The standard InChI is InChI=1S/C8H15N3O3/c1-8(14-2)3-4-11(5-8)7(13)6(12)10-9/h3-5,9H2,1-2H3,(H,10,12). The summed E-state index contributed by atoms with van der Waals surface area (Å²) >= 11 is 0. The Morgan fingerprint density at radius 2 is 2.21 bits per heavy atom. The van der Waals surface area contributed by atoms with E-state index in [9.17, 15) is 9.59 Å². The maximum atomic E-state index is 11.4. The van der Waals surface area contributed by atoms with Crippen molar-refractivity contribution in [3.05, 3.63) is 0 Å². The Labute approximate surface area is 82.3 Å². The fourth-order valence-electron chi connectivity index (χ4n) is 1.48. The third kappa shape index (κ3) is 2.02. The van der Waals surface area contributed by atoms with E-state index in [1.807, 2.05) is 12.3 Å². The van der Waals surface area contributed by atoms with E-state index in [0.717, 1.165) is 6.42 Å². The van der Waals surface area contributed by atoms with Gasteiger partial charge in [0.05, 0.1) is 5.60 Å². The Kier molecular flexibility index (Phi) is 3.07. The maximum absolute atomic E-state index is 11.4. The molecule has 1 fully saturated rings. The fourth-order valence-corrected chi connectivity index (χ4v) is 1.48. The minimum Gasteiger partial charge on any atom is -0.377 e. The van der Waals surface area contributed by atoms with Crippen LogP contribution in [-0.4, -0.2) is 42.5 Å². The number of hydrogen-bond donors (Lipinski definition) is 2. The lowest BCUT2D eigenvalue weighted by Crippen LogP contribution is -2.46. The molecule has 0 radical (unpaired) electrons. The average Bonchev–Trinajstić information content (AvgIpc) is 2.59. The minimum absolute atomic E-state index is 0.343. The molecular formula is C8H15N3O3. The molecule has 1 saturated heterocycles. The zero-order valence-corrected chi connectivity index (χ0v) is 8.37. The van der Waals surface area contributed by atoms with Crippen molar-refractivity contribution in [3.63, 3.8) is 0 Å².